The molecular formula is C15H14ClN3O. The summed E-state index contributed by atoms with van der Waals surface area (Å²) in [5.41, 5.74) is 2.86. The van der Waals surface area contributed by atoms with Crippen molar-refractivity contribution in [2.45, 2.75) is 0 Å². The molecular weight excluding hydrogens is 274 g/mol. The van der Waals surface area contributed by atoms with E-state index in [1.807, 2.05) is 48.3 Å². The van der Waals surface area contributed by atoms with Crippen LogP contribution in [0.1, 0.15) is 0 Å². The summed E-state index contributed by atoms with van der Waals surface area (Å²) in [6, 6.07) is 11.6. The van der Waals surface area contributed by atoms with Crippen LogP contribution in [0.2, 0.25) is 5.02 Å². The monoisotopic (exact) mass is 287 g/mol. The van der Waals surface area contributed by atoms with E-state index in [2.05, 4.69) is 10.4 Å². The molecule has 5 heteroatoms. The van der Waals surface area contributed by atoms with E-state index in [9.17, 15) is 0 Å². The maximum Gasteiger partial charge on any atom is 0.142 e. The summed E-state index contributed by atoms with van der Waals surface area (Å²) in [4.78, 5) is 0. The predicted octanol–water partition coefficient (Wildman–Crippen LogP) is 3.98. The van der Waals surface area contributed by atoms with Crippen LogP contribution >= 0.6 is 11.6 Å². The van der Waals surface area contributed by atoms with Gasteiger partial charge < -0.3 is 10.1 Å². The summed E-state index contributed by atoms with van der Waals surface area (Å²) >= 11 is 6.03. The number of nitrogens with zero attached hydrogens (tertiary/aromatic N) is 2. The third-order valence-corrected chi connectivity index (χ3v) is 3.42. The van der Waals surface area contributed by atoms with Crippen molar-refractivity contribution in [2.24, 2.45) is 7.05 Å². The number of hydrogen-bond donors (Lipinski definition) is 1. The minimum atomic E-state index is 0.662. The first-order valence-electron chi connectivity index (χ1n) is 6.20. The van der Waals surface area contributed by atoms with Gasteiger partial charge in [-0.05, 0) is 36.4 Å². The van der Waals surface area contributed by atoms with Crippen molar-refractivity contribution < 1.29 is 4.74 Å². The first kappa shape index (κ1) is 12.8. The Labute approximate surface area is 121 Å². The first-order valence-corrected chi connectivity index (χ1v) is 6.57. The third kappa shape index (κ3) is 2.30. The number of hydrogen-bond acceptors (Lipinski definition) is 3. The molecule has 0 spiro atoms. The molecule has 0 fully saturated rings. The summed E-state index contributed by atoms with van der Waals surface area (Å²) in [6.45, 7) is 0. The van der Waals surface area contributed by atoms with E-state index >= 15 is 0 Å². The molecule has 0 saturated carbocycles. The van der Waals surface area contributed by atoms with Crippen molar-refractivity contribution in [1.82, 2.24) is 9.78 Å². The average Bonchev–Trinajstić information content (AvgIpc) is 2.81. The summed E-state index contributed by atoms with van der Waals surface area (Å²) in [7, 11) is 3.56. The smallest absolute Gasteiger partial charge is 0.142 e. The number of rotatable bonds is 3. The number of anilines is 2. The van der Waals surface area contributed by atoms with E-state index in [4.69, 9.17) is 16.3 Å². The number of ether oxygens (including phenoxy) is 1. The van der Waals surface area contributed by atoms with Crippen molar-refractivity contribution in [3.63, 3.8) is 0 Å². The molecule has 0 unspecified atom stereocenters. The van der Waals surface area contributed by atoms with Crippen molar-refractivity contribution in [3.8, 4) is 5.75 Å². The maximum atomic E-state index is 6.03. The minimum Gasteiger partial charge on any atom is -0.495 e. The first-order chi connectivity index (χ1) is 9.67. The van der Waals surface area contributed by atoms with Gasteiger partial charge in [-0.15, -0.1) is 0 Å². The summed E-state index contributed by atoms with van der Waals surface area (Å²) in [5, 5.41) is 9.33. The Bertz CT molecular complexity index is 767. The van der Waals surface area contributed by atoms with Gasteiger partial charge in [0, 0.05) is 23.1 Å². The Morgan fingerprint density at radius 3 is 2.85 bits per heavy atom. The van der Waals surface area contributed by atoms with E-state index in [1.165, 1.54) is 0 Å². The zero-order chi connectivity index (χ0) is 14.1. The Morgan fingerprint density at radius 1 is 1.20 bits per heavy atom. The van der Waals surface area contributed by atoms with Crippen LogP contribution in [0.5, 0.6) is 5.75 Å². The molecule has 1 aromatic heterocycles. The molecule has 3 rings (SSSR count). The molecule has 0 aliphatic carbocycles. The topological polar surface area (TPSA) is 39.1 Å². The average molecular weight is 288 g/mol. The highest BCUT2D eigenvalue weighted by molar-refractivity contribution is 6.31. The summed E-state index contributed by atoms with van der Waals surface area (Å²) < 4.78 is 7.17. The van der Waals surface area contributed by atoms with Crippen LogP contribution in [-0.4, -0.2) is 16.9 Å². The number of nitrogens with one attached hydrogen (secondary N) is 1. The Hall–Kier alpha value is -2.20. The molecule has 0 bridgehead atoms. The molecule has 0 aliphatic rings. The van der Waals surface area contributed by atoms with Crippen LogP contribution < -0.4 is 10.1 Å². The van der Waals surface area contributed by atoms with Gasteiger partial charge in [-0.25, -0.2) is 0 Å². The molecule has 102 valence electrons. The quantitative estimate of drug-likeness (QED) is 0.792. The molecule has 0 atom stereocenters. The number of methoxy groups -OCH3 is 1. The molecule has 1 N–H and O–H groups in total. The Morgan fingerprint density at radius 2 is 2.05 bits per heavy atom. The lowest BCUT2D eigenvalue weighted by atomic mass is 10.2. The predicted molar refractivity (Wildman–Crippen MR) is 82.0 cm³/mol. The molecule has 0 amide bonds. The SMILES string of the molecule is COc1ccc(Cl)cc1Nc1ccc2cnn(C)c2c1. The van der Waals surface area contributed by atoms with Gasteiger partial charge in [-0.1, -0.05) is 11.6 Å². The van der Waals surface area contributed by atoms with Crippen molar-refractivity contribution in [2.75, 3.05) is 12.4 Å². The zero-order valence-electron chi connectivity index (χ0n) is 11.2. The lowest BCUT2D eigenvalue weighted by Crippen LogP contribution is -1.95. The van der Waals surface area contributed by atoms with Crippen molar-refractivity contribution in [1.29, 1.82) is 0 Å². The van der Waals surface area contributed by atoms with E-state index in [0.717, 1.165) is 28.0 Å². The summed E-state index contributed by atoms with van der Waals surface area (Å²) in [5.74, 6) is 0.750. The van der Waals surface area contributed by atoms with Crippen LogP contribution in [-0.2, 0) is 7.05 Å². The second-order valence-electron chi connectivity index (χ2n) is 4.51. The molecule has 2 aromatic carbocycles. The molecule has 20 heavy (non-hydrogen) atoms. The highest BCUT2D eigenvalue weighted by atomic mass is 35.5. The fraction of sp³-hybridized carbons (Fsp3) is 0.133. The van der Waals surface area contributed by atoms with Crippen molar-refractivity contribution >= 4 is 33.9 Å². The Kier molecular flexibility index (Phi) is 3.24. The van der Waals surface area contributed by atoms with Crippen LogP contribution in [0, 0.1) is 0 Å². The van der Waals surface area contributed by atoms with Gasteiger partial charge in [-0.3, -0.25) is 4.68 Å². The van der Waals surface area contributed by atoms with Gasteiger partial charge in [-0.2, -0.15) is 5.10 Å². The fourth-order valence-electron chi connectivity index (χ4n) is 2.16. The van der Waals surface area contributed by atoms with Gasteiger partial charge in [0.15, 0.2) is 0 Å². The van der Waals surface area contributed by atoms with Crippen LogP contribution in [0.4, 0.5) is 11.4 Å². The lowest BCUT2D eigenvalue weighted by Gasteiger charge is -2.11. The number of halogens is 1. The van der Waals surface area contributed by atoms with Crippen molar-refractivity contribution in [3.05, 3.63) is 47.6 Å². The zero-order valence-corrected chi connectivity index (χ0v) is 12.0. The normalized spacial score (nSPS) is 10.8. The highest BCUT2D eigenvalue weighted by Crippen LogP contribution is 2.31. The maximum absolute atomic E-state index is 6.03. The lowest BCUT2D eigenvalue weighted by molar-refractivity contribution is 0.417. The highest BCUT2D eigenvalue weighted by Gasteiger charge is 2.06. The number of fused-ring (bicyclic) bond motifs is 1. The molecule has 1 heterocycles. The second kappa shape index (κ2) is 5.06. The minimum absolute atomic E-state index is 0.662. The van der Waals surface area contributed by atoms with E-state index in [1.54, 1.807) is 13.2 Å². The molecule has 3 aromatic rings. The number of benzene rings is 2. The van der Waals surface area contributed by atoms with Gasteiger partial charge in [0.05, 0.1) is 24.5 Å². The second-order valence-corrected chi connectivity index (χ2v) is 4.95. The Balaban J connectivity index is 2.00. The van der Waals surface area contributed by atoms with E-state index < -0.39 is 0 Å². The van der Waals surface area contributed by atoms with Crippen LogP contribution in [0.25, 0.3) is 10.9 Å². The van der Waals surface area contributed by atoms with Crippen LogP contribution in [0.3, 0.4) is 0 Å². The number of aromatic nitrogens is 2. The van der Waals surface area contributed by atoms with Gasteiger partial charge in [0.25, 0.3) is 0 Å². The largest absolute Gasteiger partial charge is 0.495 e. The summed E-state index contributed by atoms with van der Waals surface area (Å²) in [6.07, 6.45) is 1.85. The fourth-order valence-corrected chi connectivity index (χ4v) is 2.33. The van der Waals surface area contributed by atoms with Gasteiger partial charge in [0.1, 0.15) is 5.75 Å². The van der Waals surface area contributed by atoms with Gasteiger partial charge in [0.2, 0.25) is 0 Å². The third-order valence-electron chi connectivity index (χ3n) is 3.19. The van der Waals surface area contributed by atoms with E-state index in [-0.39, 0.29) is 0 Å². The molecule has 0 radical (unpaired) electrons. The standard InChI is InChI=1S/C15H14ClN3O/c1-19-14-8-12(5-3-10(14)9-17-19)18-13-7-11(16)4-6-15(13)20-2/h3-9,18H,1-2H3. The van der Waals surface area contributed by atoms with Gasteiger partial charge >= 0.3 is 0 Å². The molecule has 4 nitrogen and oxygen atoms in total. The number of aryl methyl sites for hydroxylation is 1. The molecule has 0 saturated heterocycles. The van der Waals surface area contributed by atoms with E-state index in [0.29, 0.717) is 5.02 Å². The van der Waals surface area contributed by atoms with Crippen LogP contribution in [0.15, 0.2) is 42.6 Å². The molecule has 0 aliphatic heterocycles.